The van der Waals surface area contributed by atoms with E-state index in [0.717, 1.165) is 37.6 Å². The van der Waals surface area contributed by atoms with E-state index in [4.69, 9.17) is 19.2 Å². The number of rotatable bonds is 12. The molecule has 1 heterocycles. The third-order valence-corrected chi connectivity index (χ3v) is 5.81. The zero-order valence-corrected chi connectivity index (χ0v) is 19.5. The highest BCUT2D eigenvalue weighted by atomic mass is 16.5. The quantitative estimate of drug-likeness (QED) is 0.373. The van der Waals surface area contributed by atoms with Crippen LogP contribution in [0.3, 0.4) is 0 Å². The number of ether oxygens (including phenoxy) is 3. The fourth-order valence-corrected chi connectivity index (χ4v) is 3.78. The minimum atomic E-state index is 0.338. The first kappa shape index (κ1) is 23.9. The molecule has 0 atom stereocenters. The Morgan fingerprint density at radius 1 is 1.09 bits per heavy atom. The third-order valence-electron chi connectivity index (χ3n) is 5.81. The van der Waals surface area contributed by atoms with Crippen molar-refractivity contribution in [1.29, 1.82) is 0 Å². The van der Waals surface area contributed by atoms with Crippen molar-refractivity contribution in [3.63, 3.8) is 0 Å². The van der Waals surface area contributed by atoms with Crippen LogP contribution in [0.4, 0.5) is 0 Å². The molecule has 1 saturated carbocycles. The molecular weight excluding hydrogens is 404 g/mol. The van der Waals surface area contributed by atoms with Gasteiger partial charge in [0.2, 0.25) is 5.88 Å². The molecule has 1 fully saturated rings. The highest BCUT2D eigenvalue weighted by Gasteiger charge is 2.36. The Balaban J connectivity index is 1.57. The molecule has 0 spiro atoms. The fraction of sp³-hybridized carbons (Fsp3) is 0.520. The van der Waals surface area contributed by atoms with Crippen molar-refractivity contribution in [2.75, 3.05) is 33.4 Å². The van der Waals surface area contributed by atoms with E-state index in [2.05, 4.69) is 22.5 Å². The monoisotopic (exact) mass is 440 g/mol. The molecule has 0 radical (unpaired) electrons. The van der Waals surface area contributed by atoms with Crippen LogP contribution >= 0.6 is 0 Å². The minimum absolute atomic E-state index is 0.338. The van der Waals surface area contributed by atoms with Crippen LogP contribution < -0.4 is 20.1 Å². The lowest BCUT2D eigenvalue weighted by atomic mass is 9.67. The zero-order valence-electron chi connectivity index (χ0n) is 19.5. The van der Waals surface area contributed by atoms with E-state index in [-0.39, 0.29) is 0 Å². The van der Waals surface area contributed by atoms with Crippen LogP contribution in [0.5, 0.6) is 17.4 Å². The van der Waals surface area contributed by atoms with Gasteiger partial charge >= 0.3 is 0 Å². The molecule has 1 aromatic carbocycles. The number of aromatic nitrogens is 1. The van der Waals surface area contributed by atoms with Gasteiger partial charge in [-0.1, -0.05) is 24.6 Å². The fourth-order valence-electron chi connectivity index (χ4n) is 3.78. The Morgan fingerprint density at radius 3 is 2.53 bits per heavy atom. The second-order valence-corrected chi connectivity index (χ2v) is 8.13. The summed E-state index contributed by atoms with van der Waals surface area (Å²) in [5.74, 6) is 2.73. The van der Waals surface area contributed by atoms with Gasteiger partial charge in [-0.15, -0.1) is 0 Å². The van der Waals surface area contributed by atoms with Crippen LogP contribution in [-0.4, -0.2) is 44.4 Å². The number of aliphatic imine (C=N–C) groups is 1. The number of hydrogen-bond donors (Lipinski definition) is 2. The van der Waals surface area contributed by atoms with E-state index in [1.165, 1.54) is 19.3 Å². The van der Waals surface area contributed by atoms with Gasteiger partial charge in [0.25, 0.3) is 0 Å². The molecule has 32 heavy (non-hydrogen) atoms. The minimum Gasteiger partial charge on any atom is -0.490 e. The molecule has 0 aliphatic heterocycles. The number of pyridine rings is 1. The molecular formula is C25H36N4O3. The number of nitrogens with one attached hydrogen (secondary N) is 2. The van der Waals surface area contributed by atoms with Gasteiger partial charge in [0.15, 0.2) is 17.5 Å². The molecule has 174 valence electrons. The van der Waals surface area contributed by atoms with E-state index < -0.39 is 0 Å². The number of methoxy groups -OCH3 is 1. The van der Waals surface area contributed by atoms with Crippen molar-refractivity contribution < 1.29 is 14.2 Å². The van der Waals surface area contributed by atoms with Gasteiger partial charge in [0, 0.05) is 39.1 Å². The van der Waals surface area contributed by atoms with Crippen LogP contribution in [0.25, 0.3) is 0 Å². The Morgan fingerprint density at radius 2 is 1.91 bits per heavy atom. The number of hydrogen-bond acceptors (Lipinski definition) is 5. The molecule has 2 aromatic rings. The summed E-state index contributed by atoms with van der Waals surface area (Å²) in [6.07, 6.45) is 6.70. The summed E-state index contributed by atoms with van der Waals surface area (Å²) in [6.45, 7) is 7.71. The average Bonchev–Trinajstić information content (AvgIpc) is 2.79. The predicted octanol–water partition coefficient (Wildman–Crippen LogP) is 4.53. The highest BCUT2D eigenvalue weighted by Crippen LogP contribution is 2.43. The normalized spacial score (nSPS) is 15.0. The van der Waals surface area contributed by atoms with Crippen LogP contribution in [0.2, 0.25) is 0 Å². The Kier molecular flexibility index (Phi) is 9.16. The summed E-state index contributed by atoms with van der Waals surface area (Å²) in [7, 11) is 1.77. The lowest BCUT2D eigenvalue weighted by Gasteiger charge is -2.42. The maximum atomic E-state index is 5.90. The molecule has 2 N–H and O–H groups in total. The van der Waals surface area contributed by atoms with Gasteiger partial charge in [-0.2, -0.15) is 0 Å². The van der Waals surface area contributed by atoms with Gasteiger partial charge in [0.1, 0.15) is 0 Å². The number of benzene rings is 1. The largest absolute Gasteiger partial charge is 0.490 e. The van der Waals surface area contributed by atoms with E-state index in [1.54, 1.807) is 13.3 Å². The van der Waals surface area contributed by atoms with E-state index in [9.17, 15) is 0 Å². The van der Waals surface area contributed by atoms with Crippen molar-refractivity contribution in [3.8, 4) is 17.4 Å². The lowest BCUT2D eigenvalue weighted by Crippen LogP contribution is -2.46. The molecule has 3 rings (SSSR count). The van der Waals surface area contributed by atoms with Crippen molar-refractivity contribution in [2.45, 2.75) is 46.1 Å². The van der Waals surface area contributed by atoms with Crippen LogP contribution in [0.15, 0.2) is 47.6 Å². The van der Waals surface area contributed by atoms with Crippen molar-refractivity contribution in [3.05, 3.63) is 48.2 Å². The first-order valence-corrected chi connectivity index (χ1v) is 11.5. The SMILES string of the molecule is CCNC(=NCc1ccc(Oc2ccccc2OCC)nc1)NCC1(CCOC)CCC1. The van der Waals surface area contributed by atoms with Crippen LogP contribution in [-0.2, 0) is 11.3 Å². The Hall–Kier alpha value is -2.80. The van der Waals surface area contributed by atoms with Gasteiger partial charge in [-0.05, 0) is 56.2 Å². The number of para-hydroxylation sites is 2. The standard InChI is InChI=1S/C25H36N4O3/c1-4-26-24(29-19-25(13-8-14-25)15-16-30-3)28-18-20-11-12-23(27-17-20)32-22-10-7-6-9-21(22)31-5-2/h6-7,9-12,17H,4-5,8,13-16,18-19H2,1-3H3,(H2,26,28,29). The third kappa shape index (κ3) is 6.85. The maximum Gasteiger partial charge on any atom is 0.219 e. The summed E-state index contributed by atoms with van der Waals surface area (Å²) < 4.78 is 16.8. The summed E-state index contributed by atoms with van der Waals surface area (Å²) in [6, 6.07) is 11.5. The first-order chi connectivity index (χ1) is 15.7. The number of guanidine groups is 1. The van der Waals surface area contributed by atoms with Crippen molar-refractivity contribution in [2.24, 2.45) is 10.4 Å². The number of nitrogens with zero attached hydrogens (tertiary/aromatic N) is 2. The van der Waals surface area contributed by atoms with Crippen molar-refractivity contribution >= 4 is 5.96 Å². The average molecular weight is 441 g/mol. The highest BCUT2D eigenvalue weighted by molar-refractivity contribution is 5.79. The smallest absolute Gasteiger partial charge is 0.219 e. The van der Waals surface area contributed by atoms with Gasteiger partial charge < -0.3 is 24.8 Å². The second kappa shape index (κ2) is 12.3. The predicted molar refractivity (Wildman–Crippen MR) is 128 cm³/mol. The summed E-state index contributed by atoms with van der Waals surface area (Å²) in [4.78, 5) is 9.18. The molecule has 1 aliphatic rings. The second-order valence-electron chi connectivity index (χ2n) is 8.13. The van der Waals surface area contributed by atoms with Gasteiger partial charge in [-0.3, -0.25) is 0 Å². The van der Waals surface area contributed by atoms with E-state index in [0.29, 0.717) is 35.9 Å². The summed E-state index contributed by atoms with van der Waals surface area (Å²) in [5, 5.41) is 6.87. The van der Waals surface area contributed by atoms with Crippen LogP contribution in [0.1, 0.15) is 45.1 Å². The summed E-state index contributed by atoms with van der Waals surface area (Å²) in [5.41, 5.74) is 1.36. The van der Waals surface area contributed by atoms with Gasteiger partial charge in [-0.25, -0.2) is 9.98 Å². The molecule has 7 heteroatoms. The molecule has 1 aliphatic carbocycles. The maximum absolute atomic E-state index is 5.90. The van der Waals surface area contributed by atoms with Crippen molar-refractivity contribution in [1.82, 2.24) is 15.6 Å². The molecule has 0 bridgehead atoms. The van der Waals surface area contributed by atoms with E-state index >= 15 is 0 Å². The molecule has 0 saturated heterocycles. The van der Waals surface area contributed by atoms with E-state index in [1.807, 2.05) is 43.3 Å². The molecule has 1 aromatic heterocycles. The summed E-state index contributed by atoms with van der Waals surface area (Å²) >= 11 is 0. The molecule has 0 amide bonds. The Bertz CT molecular complexity index is 851. The van der Waals surface area contributed by atoms with Crippen LogP contribution in [0, 0.1) is 5.41 Å². The lowest BCUT2D eigenvalue weighted by molar-refractivity contribution is 0.0732. The Labute approximate surface area is 191 Å². The first-order valence-electron chi connectivity index (χ1n) is 11.5. The zero-order chi connectivity index (χ0) is 22.7. The molecule has 0 unspecified atom stereocenters. The van der Waals surface area contributed by atoms with Gasteiger partial charge in [0.05, 0.1) is 13.2 Å². The topological polar surface area (TPSA) is 77.0 Å². The molecule has 7 nitrogen and oxygen atoms in total.